The Hall–Kier alpha value is -1.06. The molecule has 2 saturated carbocycles. The zero-order valence-electron chi connectivity index (χ0n) is 11.8. The lowest BCUT2D eigenvalue weighted by Crippen LogP contribution is -2.45. The van der Waals surface area contributed by atoms with Crippen LogP contribution in [0.5, 0.6) is 0 Å². The molecule has 1 amide bonds. The average Bonchev–Trinajstić information content (AvgIpc) is 2.46. The van der Waals surface area contributed by atoms with Crippen LogP contribution in [0.3, 0.4) is 0 Å². The summed E-state index contributed by atoms with van der Waals surface area (Å²) < 4.78 is 0. The minimum Gasteiger partial charge on any atom is -0.481 e. The van der Waals surface area contributed by atoms with Crippen molar-refractivity contribution in [2.24, 2.45) is 11.8 Å². The number of carboxylic acids is 1. The van der Waals surface area contributed by atoms with Gasteiger partial charge >= 0.3 is 5.97 Å². The van der Waals surface area contributed by atoms with E-state index < -0.39 is 11.9 Å². The van der Waals surface area contributed by atoms with Crippen molar-refractivity contribution in [3.05, 3.63) is 0 Å². The van der Waals surface area contributed by atoms with Crippen LogP contribution in [-0.2, 0) is 9.59 Å². The zero-order chi connectivity index (χ0) is 13.8. The highest BCUT2D eigenvalue weighted by molar-refractivity contribution is 5.85. The third kappa shape index (κ3) is 3.28. The maximum Gasteiger partial charge on any atom is 0.307 e. The van der Waals surface area contributed by atoms with E-state index in [1.807, 2.05) is 11.9 Å². The summed E-state index contributed by atoms with van der Waals surface area (Å²) in [5.41, 5.74) is 0. The molecule has 0 unspecified atom stereocenters. The first kappa shape index (κ1) is 14.4. The first-order valence-electron chi connectivity index (χ1n) is 7.60. The molecule has 0 aromatic carbocycles. The van der Waals surface area contributed by atoms with Crippen LogP contribution in [-0.4, -0.2) is 35.0 Å². The number of nitrogens with zero attached hydrogens (tertiary/aromatic N) is 1. The van der Waals surface area contributed by atoms with Crippen molar-refractivity contribution < 1.29 is 14.7 Å². The van der Waals surface area contributed by atoms with E-state index in [1.165, 1.54) is 19.3 Å². The molecule has 2 fully saturated rings. The highest BCUT2D eigenvalue weighted by atomic mass is 16.4. The summed E-state index contributed by atoms with van der Waals surface area (Å²) in [6.07, 6.45) is 9.12. The quantitative estimate of drug-likeness (QED) is 0.855. The molecule has 2 aliphatic carbocycles. The fraction of sp³-hybridized carbons (Fsp3) is 0.867. The van der Waals surface area contributed by atoms with Crippen LogP contribution in [0.2, 0.25) is 0 Å². The number of carbonyl (C=O) groups excluding carboxylic acids is 1. The van der Waals surface area contributed by atoms with Gasteiger partial charge in [0.2, 0.25) is 5.91 Å². The summed E-state index contributed by atoms with van der Waals surface area (Å²) in [5.74, 6) is -1.49. The molecule has 4 heteroatoms. The summed E-state index contributed by atoms with van der Waals surface area (Å²) in [6, 6.07) is 0.331. The SMILES string of the molecule is CN(C(=O)[C@H]1CCCC[C@@H]1C(=O)O)C1CCCCC1. The molecule has 4 nitrogen and oxygen atoms in total. The molecule has 0 saturated heterocycles. The minimum absolute atomic E-state index is 0.0685. The van der Waals surface area contributed by atoms with Crippen molar-refractivity contribution in [3.8, 4) is 0 Å². The summed E-state index contributed by atoms with van der Waals surface area (Å²) in [5, 5.41) is 9.28. The summed E-state index contributed by atoms with van der Waals surface area (Å²) in [6.45, 7) is 0. The van der Waals surface area contributed by atoms with Crippen molar-refractivity contribution in [2.75, 3.05) is 7.05 Å². The molecule has 0 aromatic rings. The average molecular weight is 267 g/mol. The van der Waals surface area contributed by atoms with Gasteiger partial charge < -0.3 is 10.0 Å². The smallest absolute Gasteiger partial charge is 0.307 e. The largest absolute Gasteiger partial charge is 0.481 e. The van der Waals surface area contributed by atoms with Crippen molar-refractivity contribution in [3.63, 3.8) is 0 Å². The molecular weight excluding hydrogens is 242 g/mol. The van der Waals surface area contributed by atoms with Crippen molar-refractivity contribution in [1.82, 2.24) is 4.90 Å². The molecule has 0 spiro atoms. The molecule has 0 aromatic heterocycles. The third-order valence-electron chi connectivity index (χ3n) is 4.87. The van der Waals surface area contributed by atoms with Gasteiger partial charge in [-0.1, -0.05) is 32.1 Å². The Labute approximate surface area is 115 Å². The monoisotopic (exact) mass is 267 g/mol. The topological polar surface area (TPSA) is 57.6 Å². The van der Waals surface area contributed by atoms with Crippen LogP contribution in [0.4, 0.5) is 0 Å². The van der Waals surface area contributed by atoms with Crippen molar-refractivity contribution >= 4 is 11.9 Å². The Morgan fingerprint density at radius 1 is 0.895 bits per heavy atom. The van der Waals surface area contributed by atoms with Crippen molar-refractivity contribution in [1.29, 1.82) is 0 Å². The molecule has 2 aliphatic rings. The molecule has 1 N–H and O–H groups in total. The van der Waals surface area contributed by atoms with E-state index in [4.69, 9.17) is 0 Å². The van der Waals surface area contributed by atoms with Crippen LogP contribution in [0.15, 0.2) is 0 Å². The lowest BCUT2D eigenvalue weighted by atomic mass is 9.78. The van der Waals surface area contributed by atoms with Gasteiger partial charge in [0, 0.05) is 13.1 Å². The molecule has 19 heavy (non-hydrogen) atoms. The first-order chi connectivity index (χ1) is 9.11. The molecule has 0 aliphatic heterocycles. The van der Waals surface area contributed by atoms with Gasteiger partial charge in [-0.15, -0.1) is 0 Å². The Balaban J connectivity index is 2.01. The van der Waals surface area contributed by atoms with Gasteiger partial charge in [-0.25, -0.2) is 0 Å². The van der Waals surface area contributed by atoms with E-state index in [1.54, 1.807) is 0 Å². The van der Waals surface area contributed by atoms with Gasteiger partial charge in [-0.2, -0.15) is 0 Å². The van der Waals surface area contributed by atoms with E-state index in [0.29, 0.717) is 12.5 Å². The predicted molar refractivity (Wildman–Crippen MR) is 72.7 cm³/mol. The minimum atomic E-state index is -0.796. The highest BCUT2D eigenvalue weighted by Gasteiger charge is 2.38. The summed E-state index contributed by atoms with van der Waals surface area (Å²) in [4.78, 5) is 25.7. The normalized spacial score (nSPS) is 28.9. The molecular formula is C15H25NO3. The fourth-order valence-electron chi connectivity index (χ4n) is 3.63. The number of carboxylic acid groups (broad SMARTS) is 1. The lowest BCUT2D eigenvalue weighted by molar-refractivity contribution is -0.152. The Morgan fingerprint density at radius 3 is 2.00 bits per heavy atom. The number of hydrogen-bond donors (Lipinski definition) is 1. The molecule has 0 bridgehead atoms. The molecule has 2 rings (SSSR count). The van der Waals surface area contributed by atoms with E-state index in [0.717, 1.165) is 32.1 Å². The van der Waals surface area contributed by atoms with Gasteiger partial charge in [-0.05, 0) is 25.7 Å². The fourth-order valence-corrected chi connectivity index (χ4v) is 3.63. The van der Waals surface area contributed by atoms with Gasteiger partial charge in [0.1, 0.15) is 0 Å². The maximum absolute atomic E-state index is 12.6. The van der Waals surface area contributed by atoms with Crippen LogP contribution in [0, 0.1) is 11.8 Å². The summed E-state index contributed by atoms with van der Waals surface area (Å²) >= 11 is 0. The molecule has 0 radical (unpaired) electrons. The highest BCUT2D eigenvalue weighted by Crippen LogP contribution is 2.33. The van der Waals surface area contributed by atoms with Crippen LogP contribution in [0.25, 0.3) is 0 Å². The third-order valence-corrected chi connectivity index (χ3v) is 4.87. The predicted octanol–water partition coefficient (Wildman–Crippen LogP) is 2.67. The second-order valence-electron chi connectivity index (χ2n) is 6.08. The lowest BCUT2D eigenvalue weighted by Gasteiger charge is -2.36. The standard InChI is InChI=1S/C15H25NO3/c1-16(11-7-3-2-4-8-11)14(17)12-9-5-6-10-13(12)15(18)19/h11-13H,2-10H2,1H3,(H,18,19)/t12-,13-/m0/s1. The van der Waals surface area contributed by atoms with E-state index in [2.05, 4.69) is 0 Å². The van der Waals surface area contributed by atoms with Gasteiger partial charge in [-0.3, -0.25) is 9.59 Å². The van der Waals surface area contributed by atoms with E-state index in [9.17, 15) is 14.7 Å². The molecule has 108 valence electrons. The molecule has 0 heterocycles. The van der Waals surface area contributed by atoms with E-state index >= 15 is 0 Å². The summed E-state index contributed by atoms with van der Waals surface area (Å²) in [7, 11) is 1.87. The van der Waals surface area contributed by atoms with E-state index in [-0.39, 0.29) is 11.8 Å². The van der Waals surface area contributed by atoms with Gasteiger partial charge in [0.25, 0.3) is 0 Å². The first-order valence-corrected chi connectivity index (χ1v) is 7.60. The zero-order valence-corrected chi connectivity index (χ0v) is 11.8. The second-order valence-corrected chi connectivity index (χ2v) is 6.08. The number of amides is 1. The second kappa shape index (κ2) is 6.40. The van der Waals surface area contributed by atoms with Crippen molar-refractivity contribution in [2.45, 2.75) is 63.8 Å². The van der Waals surface area contributed by atoms with Crippen LogP contribution >= 0.6 is 0 Å². The Morgan fingerprint density at radius 2 is 1.42 bits per heavy atom. The maximum atomic E-state index is 12.6. The number of carbonyl (C=O) groups is 2. The Bertz CT molecular complexity index is 336. The number of hydrogen-bond acceptors (Lipinski definition) is 2. The van der Waals surface area contributed by atoms with Gasteiger partial charge in [0.05, 0.1) is 11.8 Å². The van der Waals surface area contributed by atoms with Crippen LogP contribution in [0.1, 0.15) is 57.8 Å². The number of rotatable bonds is 3. The van der Waals surface area contributed by atoms with Gasteiger partial charge in [0.15, 0.2) is 0 Å². The molecule has 2 atom stereocenters. The van der Waals surface area contributed by atoms with Crippen LogP contribution < -0.4 is 0 Å². The Kier molecular flexibility index (Phi) is 4.83. The number of aliphatic carboxylic acids is 1.